The van der Waals surface area contributed by atoms with Gasteiger partial charge in [-0.15, -0.1) is 0 Å². The number of aliphatic hydroxyl groups excluding tert-OH is 1. The molecule has 1 heterocycles. The Morgan fingerprint density at radius 1 is 1.50 bits per heavy atom. The van der Waals surface area contributed by atoms with Gasteiger partial charge >= 0.3 is 0 Å². The van der Waals surface area contributed by atoms with E-state index in [1.165, 1.54) is 0 Å². The normalized spacial score (nSPS) is 37.5. The van der Waals surface area contributed by atoms with Gasteiger partial charge in [0.2, 0.25) is 0 Å². The number of aliphatic hydroxyl groups is 1. The fourth-order valence-electron chi connectivity index (χ4n) is 1.25. The minimum absolute atomic E-state index is 0.252. The number of β-amino-alcohol motifs (C(OH)–C–C–N with tert-alkyl or cyclic N) is 1. The van der Waals surface area contributed by atoms with Gasteiger partial charge in [0, 0.05) is 13.1 Å². The van der Waals surface area contributed by atoms with Crippen molar-refractivity contribution >= 4 is 0 Å². The summed E-state index contributed by atoms with van der Waals surface area (Å²) in [6.45, 7) is 4.14. The van der Waals surface area contributed by atoms with Crippen LogP contribution in [0.5, 0.6) is 0 Å². The van der Waals surface area contributed by atoms with Crippen LogP contribution < -0.4 is 0 Å². The summed E-state index contributed by atoms with van der Waals surface area (Å²) < 4.78 is 5.29. The van der Waals surface area contributed by atoms with Gasteiger partial charge in [-0.25, -0.2) is 0 Å². The number of rotatable bonds is 0. The van der Waals surface area contributed by atoms with Crippen molar-refractivity contribution in [2.45, 2.75) is 19.1 Å². The molecular formula is C7H15NO2. The molecule has 0 aromatic heterocycles. The molecule has 1 fully saturated rings. The Morgan fingerprint density at radius 3 is 2.90 bits per heavy atom. The lowest BCUT2D eigenvalue weighted by atomic mass is 10.3. The molecular weight excluding hydrogens is 130 g/mol. The number of ether oxygens (including phenoxy) is 1. The maximum Gasteiger partial charge on any atom is 0.0900 e. The molecule has 1 aliphatic heterocycles. The number of hydrogen-bond donors (Lipinski definition) is 1. The maximum atomic E-state index is 9.21. The van der Waals surface area contributed by atoms with Crippen LogP contribution in [0.2, 0.25) is 0 Å². The van der Waals surface area contributed by atoms with E-state index < -0.39 is 0 Å². The quantitative estimate of drug-likeness (QED) is 0.508. The lowest BCUT2D eigenvalue weighted by molar-refractivity contribution is 0.0216. The zero-order valence-corrected chi connectivity index (χ0v) is 6.58. The van der Waals surface area contributed by atoms with Gasteiger partial charge in [0.1, 0.15) is 0 Å². The minimum atomic E-state index is -0.310. The first kappa shape index (κ1) is 7.98. The van der Waals surface area contributed by atoms with E-state index in [0.29, 0.717) is 6.61 Å². The molecule has 0 bridgehead atoms. The lowest BCUT2D eigenvalue weighted by Crippen LogP contribution is -2.30. The van der Waals surface area contributed by atoms with Crippen LogP contribution in [0.15, 0.2) is 0 Å². The standard InChI is InChI=1S/C7H15NO2/c1-6-3-8(2)4-7(9)5-10-6/h6-7,9H,3-5H2,1-2H3. The van der Waals surface area contributed by atoms with E-state index in [0.717, 1.165) is 13.1 Å². The fourth-order valence-corrected chi connectivity index (χ4v) is 1.25. The molecule has 2 unspecified atom stereocenters. The molecule has 0 saturated carbocycles. The van der Waals surface area contributed by atoms with Crippen LogP contribution in [0.25, 0.3) is 0 Å². The van der Waals surface area contributed by atoms with E-state index in [2.05, 4.69) is 4.90 Å². The second-order valence-corrected chi connectivity index (χ2v) is 3.02. The predicted octanol–water partition coefficient (Wildman–Crippen LogP) is -0.302. The lowest BCUT2D eigenvalue weighted by Gasteiger charge is -2.15. The molecule has 0 aliphatic carbocycles. The first-order valence-electron chi connectivity index (χ1n) is 3.66. The molecule has 0 radical (unpaired) electrons. The summed E-state index contributed by atoms with van der Waals surface area (Å²) in [7, 11) is 1.99. The van der Waals surface area contributed by atoms with Crippen molar-refractivity contribution in [3.05, 3.63) is 0 Å². The zero-order chi connectivity index (χ0) is 7.56. The topological polar surface area (TPSA) is 32.7 Å². The van der Waals surface area contributed by atoms with Crippen LogP contribution in [-0.2, 0) is 4.74 Å². The van der Waals surface area contributed by atoms with Gasteiger partial charge in [-0.1, -0.05) is 0 Å². The van der Waals surface area contributed by atoms with Crippen LogP contribution in [-0.4, -0.2) is 49.0 Å². The van der Waals surface area contributed by atoms with Crippen LogP contribution in [0.1, 0.15) is 6.92 Å². The summed E-state index contributed by atoms with van der Waals surface area (Å²) in [4.78, 5) is 2.09. The summed E-state index contributed by atoms with van der Waals surface area (Å²) in [6, 6.07) is 0. The van der Waals surface area contributed by atoms with Gasteiger partial charge in [0.25, 0.3) is 0 Å². The van der Waals surface area contributed by atoms with Crippen molar-refractivity contribution in [2.75, 3.05) is 26.7 Å². The van der Waals surface area contributed by atoms with E-state index in [1.54, 1.807) is 0 Å². The highest BCUT2D eigenvalue weighted by atomic mass is 16.5. The Hall–Kier alpha value is -0.120. The van der Waals surface area contributed by atoms with Gasteiger partial charge in [-0.3, -0.25) is 0 Å². The van der Waals surface area contributed by atoms with Gasteiger partial charge in [0.15, 0.2) is 0 Å². The highest BCUT2D eigenvalue weighted by Gasteiger charge is 2.16. The van der Waals surface area contributed by atoms with Crippen LogP contribution in [0.3, 0.4) is 0 Å². The van der Waals surface area contributed by atoms with Crippen LogP contribution >= 0.6 is 0 Å². The second-order valence-electron chi connectivity index (χ2n) is 3.02. The third-order valence-electron chi connectivity index (χ3n) is 1.66. The second kappa shape index (κ2) is 3.32. The van der Waals surface area contributed by atoms with E-state index in [9.17, 15) is 5.11 Å². The molecule has 0 spiro atoms. The van der Waals surface area contributed by atoms with Crippen molar-refractivity contribution < 1.29 is 9.84 Å². The number of nitrogens with zero attached hydrogens (tertiary/aromatic N) is 1. The van der Waals surface area contributed by atoms with Gasteiger partial charge < -0.3 is 14.7 Å². The summed E-state index contributed by atoms with van der Waals surface area (Å²) in [5.74, 6) is 0. The first-order chi connectivity index (χ1) is 4.68. The summed E-state index contributed by atoms with van der Waals surface area (Å²) in [5.41, 5.74) is 0. The monoisotopic (exact) mass is 145 g/mol. The Morgan fingerprint density at radius 2 is 2.20 bits per heavy atom. The van der Waals surface area contributed by atoms with E-state index >= 15 is 0 Å². The molecule has 1 N–H and O–H groups in total. The fraction of sp³-hybridized carbons (Fsp3) is 1.00. The average Bonchev–Trinajstić information content (AvgIpc) is 1.93. The maximum absolute atomic E-state index is 9.21. The third kappa shape index (κ3) is 2.25. The summed E-state index contributed by atoms with van der Waals surface area (Å²) in [5, 5.41) is 9.21. The Kier molecular flexibility index (Phi) is 2.65. The summed E-state index contributed by atoms with van der Waals surface area (Å²) in [6.07, 6.45) is -0.0582. The van der Waals surface area contributed by atoms with Gasteiger partial charge in [-0.2, -0.15) is 0 Å². The van der Waals surface area contributed by atoms with Crippen molar-refractivity contribution in [1.82, 2.24) is 4.90 Å². The van der Waals surface area contributed by atoms with Crippen LogP contribution in [0, 0.1) is 0 Å². The molecule has 1 aliphatic rings. The molecule has 2 atom stereocenters. The van der Waals surface area contributed by atoms with E-state index in [1.807, 2.05) is 14.0 Å². The Balaban J connectivity index is 2.38. The van der Waals surface area contributed by atoms with E-state index in [4.69, 9.17) is 4.74 Å². The van der Waals surface area contributed by atoms with Crippen molar-refractivity contribution in [1.29, 1.82) is 0 Å². The Bertz CT molecular complexity index is 95.8. The molecule has 3 heteroatoms. The van der Waals surface area contributed by atoms with Crippen molar-refractivity contribution in [3.63, 3.8) is 0 Å². The number of hydrogen-bond acceptors (Lipinski definition) is 3. The van der Waals surface area contributed by atoms with E-state index in [-0.39, 0.29) is 12.2 Å². The summed E-state index contributed by atoms with van der Waals surface area (Å²) >= 11 is 0. The first-order valence-corrected chi connectivity index (χ1v) is 3.66. The van der Waals surface area contributed by atoms with Gasteiger partial charge in [-0.05, 0) is 14.0 Å². The highest BCUT2D eigenvalue weighted by molar-refractivity contribution is 4.68. The van der Waals surface area contributed by atoms with Crippen molar-refractivity contribution in [3.8, 4) is 0 Å². The van der Waals surface area contributed by atoms with Gasteiger partial charge in [0.05, 0.1) is 18.8 Å². The largest absolute Gasteiger partial charge is 0.389 e. The predicted molar refractivity (Wildman–Crippen MR) is 38.9 cm³/mol. The molecule has 1 saturated heterocycles. The molecule has 10 heavy (non-hydrogen) atoms. The third-order valence-corrected chi connectivity index (χ3v) is 1.66. The average molecular weight is 145 g/mol. The Labute approximate surface area is 61.6 Å². The zero-order valence-electron chi connectivity index (χ0n) is 6.58. The van der Waals surface area contributed by atoms with Crippen LogP contribution in [0.4, 0.5) is 0 Å². The molecule has 1 rings (SSSR count). The minimum Gasteiger partial charge on any atom is -0.389 e. The SMILES string of the molecule is CC1CN(C)CC(O)CO1. The molecule has 0 aromatic rings. The molecule has 0 amide bonds. The molecule has 60 valence electrons. The highest BCUT2D eigenvalue weighted by Crippen LogP contribution is 2.02. The number of likely N-dealkylation sites (N-methyl/N-ethyl adjacent to an activating group) is 1. The molecule has 0 aromatic carbocycles. The van der Waals surface area contributed by atoms with Crippen molar-refractivity contribution in [2.24, 2.45) is 0 Å². The molecule has 3 nitrogen and oxygen atoms in total. The smallest absolute Gasteiger partial charge is 0.0900 e.